The Kier molecular flexibility index (Phi) is 6.23. The zero-order valence-electron chi connectivity index (χ0n) is 29.2. The van der Waals surface area contributed by atoms with E-state index < -0.39 is 0 Å². The number of fused-ring (bicyclic) bond motifs is 9. The minimum Gasteiger partial charge on any atom is -0.456 e. The van der Waals surface area contributed by atoms with Crippen molar-refractivity contribution in [3.8, 4) is 51.0 Å². The normalized spacial score (nSPS) is 13.2. The summed E-state index contributed by atoms with van der Waals surface area (Å²) >= 11 is 0. The van der Waals surface area contributed by atoms with Crippen LogP contribution in [0.3, 0.4) is 0 Å². The largest absolute Gasteiger partial charge is 0.456 e. The molecule has 3 aromatic heterocycles. The Labute approximate surface area is 305 Å². The molecule has 1 aliphatic rings. The Hall–Kier alpha value is -6.85. The van der Waals surface area contributed by atoms with E-state index in [1.807, 2.05) is 60.7 Å². The van der Waals surface area contributed by atoms with Crippen LogP contribution in [0, 0.1) is 0 Å². The van der Waals surface area contributed by atoms with Crippen LogP contribution in [0.1, 0.15) is 25.0 Å². The molecular formula is C48H32N4O. The van der Waals surface area contributed by atoms with Crippen LogP contribution in [0.25, 0.3) is 94.7 Å². The molecule has 0 bridgehead atoms. The zero-order valence-corrected chi connectivity index (χ0v) is 29.2. The summed E-state index contributed by atoms with van der Waals surface area (Å²) in [7, 11) is 0. The van der Waals surface area contributed by atoms with Crippen molar-refractivity contribution in [1.82, 2.24) is 19.5 Å². The van der Waals surface area contributed by atoms with E-state index >= 15 is 0 Å². The lowest BCUT2D eigenvalue weighted by molar-refractivity contribution is 0.647. The zero-order chi connectivity index (χ0) is 35.3. The fraction of sp³-hybridized carbons (Fsp3) is 0.0625. The van der Waals surface area contributed by atoms with Crippen molar-refractivity contribution >= 4 is 43.7 Å². The second-order valence-electron chi connectivity index (χ2n) is 14.5. The number of aromatic nitrogens is 4. The van der Waals surface area contributed by atoms with Gasteiger partial charge in [-0.1, -0.05) is 129 Å². The predicted molar refractivity (Wildman–Crippen MR) is 215 cm³/mol. The summed E-state index contributed by atoms with van der Waals surface area (Å²) in [5.41, 5.74) is 13.2. The molecule has 10 aromatic rings. The van der Waals surface area contributed by atoms with Crippen LogP contribution in [-0.4, -0.2) is 19.5 Å². The molecule has 0 radical (unpaired) electrons. The summed E-state index contributed by atoms with van der Waals surface area (Å²) in [6.07, 6.45) is 0. The molecule has 0 saturated carbocycles. The quantitative estimate of drug-likeness (QED) is 0.186. The molecule has 7 aromatic carbocycles. The minimum atomic E-state index is -0.0770. The molecule has 0 fully saturated rings. The monoisotopic (exact) mass is 680 g/mol. The van der Waals surface area contributed by atoms with Crippen LogP contribution in [-0.2, 0) is 5.41 Å². The maximum atomic E-state index is 6.62. The first-order valence-electron chi connectivity index (χ1n) is 18.0. The molecule has 0 saturated heterocycles. The molecule has 0 amide bonds. The van der Waals surface area contributed by atoms with E-state index in [-0.39, 0.29) is 5.41 Å². The summed E-state index contributed by atoms with van der Waals surface area (Å²) in [5.74, 6) is 1.85. The Bertz CT molecular complexity index is 3020. The summed E-state index contributed by atoms with van der Waals surface area (Å²) < 4.78 is 8.78. The maximum absolute atomic E-state index is 6.62. The lowest BCUT2D eigenvalue weighted by Crippen LogP contribution is -2.14. The number of hydrogen-bond acceptors (Lipinski definition) is 4. The standard InChI is InChI=1S/C48H32N4O/c1-48(2)39-19-11-9-17-33(39)36-27-38-35-23-21-32(26-43(35)53-44(38)28-40(36)48)31-22-24-42-37(25-31)34-18-10-12-20-41(34)52(42)47-50-45(29-13-5-3-6-14-29)49-46(51-47)30-15-7-4-8-16-30/h3-28H,1-2H3. The molecule has 1 aliphatic carbocycles. The second-order valence-corrected chi connectivity index (χ2v) is 14.5. The first-order chi connectivity index (χ1) is 26.0. The molecular weight excluding hydrogens is 649 g/mol. The smallest absolute Gasteiger partial charge is 0.238 e. The molecule has 0 N–H and O–H groups in total. The van der Waals surface area contributed by atoms with E-state index in [9.17, 15) is 0 Å². The highest BCUT2D eigenvalue weighted by Gasteiger charge is 2.36. The van der Waals surface area contributed by atoms with Crippen molar-refractivity contribution in [3.05, 3.63) is 169 Å². The van der Waals surface area contributed by atoms with E-state index in [2.05, 4.69) is 115 Å². The summed E-state index contributed by atoms with van der Waals surface area (Å²) in [6, 6.07) is 55.3. The third-order valence-electron chi connectivity index (χ3n) is 11.1. The van der Waals surface area contributed by atoms with E-state index in [4.69, 9.17) is 19.4 Å². The van der Waals surface area contributed by atoms with E-state index in [1.54, 1.807) is 0 Å². The Morgan fingerprint density at radius 3 is 1.83 bits per heavy atom. The van der Waals surface area contributed by atoms with Gasteiger partial charge in [0.25, 0.3) is 0 Å². The van der Waals surface area contributed by atoms with Gasteiger partial charge in [0, 0.05) is 38.1 Å². The van der Waals surface area contributed by atoms with Gasteiger partial charge in [-0.25, -0.2) is 4.98 Å². The molecule has 250 valence electrons. The third kappa shape index (κ3) is 4.47. The average molecular weight is 681 g/mol. The molecule has 0 aliphatic heterocycles. The van der Waals surface area contributed by atoms with Crippen molar-refractivity contribution in [2.45, 2.75) is 19.3 Å². The number of benzene rings is 7. The van der Waals surface area contributed by atoms with Gasteiger partial charge < -0.3 is 4.42 Å². The second kappa shape index (κ2) is 11.1. The fourth-order valence-electron chi connectivity index (χ4n) is 8.42. The van der Waals surface area contributed by atoms with Crippen LogP contribution < -0.4 is 0 Å². The number of nitrogens with zero attached hydrogens (tertiary/aromatic N) is 4. The fourth-order valence-corrected chi connectivity index (χ4v) is 8.42. The lowest BCUT2D eigenvalue weighted by Gasteiger charge is -2.21. The van der Waals surface area contributed by atoms with Gasteiger partial charge in [0.1, 0.15) is 11.2 Å². The maximum Gasteiger partial charge on any atom is 0.238 e. The molecule has 5 heteroatoms. The summed E-state index contributed by atoms with van der Waals surface area (Å²) in [5, 5.41) is 4.54. The van der Waals surface area contributed by atoms with Crippen LogP contribution in [0.5, 0.6) is 0 Å². The van der Waals surface area contributed by atoms with Crippen LogP contribution in [0.2, 0.25) is 0 Å². The predicted octanol–water partition coefficient (Wildman–Crippen LogP) is 12.2. The lowest BCUT2D eigenvalue weighted by atomic mass is 9.82. The highest BCUT2D eigenvalue weighted by atomic mass is 16.3. The molecule has 0 unspecified atom stereocenters. The van der Waals surface area contributed by atoms with Gasteiger partial charge in [0.2, 0.25) is 5.95 Å². The topological polar surface area (TPSA) is 56.7 Å². The SMILES string of the molecule is CC1(C)c2ccccc2-c2cc3c(cc21)oc1cc(-c2ccc4c(c2)c2ccccc2n4-c2nc(-c4ccccc4)nc(-c4ccccc4)n2)ccc13. The first kappa shape index (κ1) is 29.8. The van der Waals surface area contributed by atoms with Gasteiger partial charge in [-0.15, -0.1) is 0 Å². The third-order valence-corrected chi connectivity index (χ3v) is 11.1. The molecule has 0 atom stereocenters. The van der Waals surface area contributed by atoms with Crippen molar-refractivity contribution in [2.75, 3.05) is 0 Å². The van der Waals surface area contributed by atoms with Gasteiger partial charge in [-0.2, -0.15) is 9.97 Å². The summed E-state index contributed by atoms with van der Waals surface area (Å²) in [6.45, 7) is 4.62. The van der Waals surface area contributed by atoms with E-state index in [0.29, 0.717) is 17.6 Å². The molecule has 3 heterocycles. The number of rotatable bonds is 4. The van der Waals surface area contributed by atoms with E-state index in [0.717, 1.165) is 66.0 Å². The molecule has 5 nitrogen and oxygen atoms in total. The number of hydrogen-bond donors (Lipinski definition) is 0. The van der Waals surface area contributed by atoms with Crippen molar-refractivity contribution < 1.29 is 4.42 Å². The van der Waals surface area contributed by atoms with Crippen molar-refractivity contribution in [3.63, 3.8) is 0 Å². The van der Waals surface area contributed by atoms with Gasteiger partial charge in [0.15, 0.2) is 11.6 Å². The van der Waals surface area contributed by atoms with Gasteiger partial charge in [0.05, 0.1) is 11.0 Å². The van der Waals surface area contributed by atoms with Crippen molar-refractivity contribution in [1.29, 1.82) is 0 Å². The van der Waals surface area contributed by atoms with Crippen LogP contribution in [0.4, 0.5) is 0 Å². The molecule has 53 heavy (non-hydrogen) atoms. The highest BCUT2D eigenvalue weighted by Crippen LogP contribution is 2.50. The highest BCUT2D eigenvalue weighted by molar-refractivity contribution is 6.11. The minimum absolute atomic E-state index is 0.0770. The average Bonchev–Trinajstić information content (AvgIpc) is 3.82. The first-order valence-corrected chi connectivity index (χ1v) is 18.0. The Balaban J connectivity index is 1.06. The van der Waals surface area contributed by atoms with E-state index in [1.165, 1.54) is 22.3 Å². The summed E-state index contributed by atoms with van der Waals surface area (Å²) in [4.78, 5) is 15.1. The molecule has 11 rings (SSSR count). The van der Waals surface area contributed by atoms with Gasteiger partial charge >= 0.3 is 0 Å². The van der Waals surface area contributed by atoms with Gasteiger partial charge in [-0.05, 0) is 75.8 Å². The Morgan fingerprint density at radius 1 is 0.434 bits per heavy atom. The van der Waals surface area contributed by atoms with Crippen molar-refractivity contribution in [2.24, 2.45) is 0 Å². The Morgan fingerprint density at radius 2 is 1.06 bits per heavy atom. The van der Waals surface area contributed by atoms with Crippen LogP contribution >= 0.6 is 0 Å². The van der Waals surface area contributed by atoms with Crippen LogP contribution in [0.15, 0.2) is 162 Å². The number of para-hydroxylation sites is 1. The van der Waals surface area contributed by atoms with Gasteiger partial charge in [-0.3, -0.25) is 4.57 Å². The number of furan rings is 1. The molecule has 0 spiro atoms.